The van der Waals surface area contributed by atoms with Crippen LogP contribution in [0.25, 0.3) is 11.3 Å². The van der Waals surface area contributed by atoms with E-state index in [9.17, 15) is 9.59 Å². The lowest BCUT2D eigenvalue weighted by molar-refractivity contribution is -0.122. The fraction of sp³-hybridized carbons (Fsp3) is 0.241. The second-order valence-corrected chi connectivity index (χ2v) is 9.21. The molecule has 2 aliphatic rings. The minimum absolute atomic E-state index is 0.341. The average molecular weight is 467 g/mol. The number of hydrogen-bond donors (Lipinski definition) is 2. The molecule has 0 radical (unpaired) electrons. The predicted molar refractivity (Wildman–Crippen MR) is 141 cm³/mol. The van der Waals surface area contributed by atoms with Crippen molar-refractivity contribution in [1.82, 2.24) is 4.90 Å². The summed E-state index contributed by atoms with van der Waals surface area (Å²) in [5, 5.41) is 3.49. The minimum atomic E-state index is -0.355. The van der Waals surface area contributed by atoms with Crippen LogP contribution in [0.3, 0.4) is 0 Å². The third kappa shape index (κ3) is 4.70. The molecule has 0 unspecified atom stereocenters. The van der Waals surface area contributed by atoms with Gasteiger partial charge < -0.3 is 11.1 Å². The first kappa shape index (κ1) is 22.9. The molecule has 5 rings (SSSR count). The lowest BCUT2D eigenvalue weighted by atomic mass is 9.99. The first-order valence-electron chi connectivity index (χ1n) is 12.1. The molecule has 0 aliphatic carbocycles. The molecule has 6 nitrogen and oxygen atoms in total. The Morgan fingerprint density at radius 2 is 1.66 bits per heavy atom. The molecule has 0 atom stereocenters. The van der Waals surface area contributed by atoms with Gasteiger partial charge in [-0.05, 0) is 67.4 Å². The van der Waals surface area contributed by atoms with Crippen LogP contribution in [0.4, 0.5) is 17.1 Å². The minimum Gasteiger partial charge on any atom is -0.399 e. The third-order valence-electron chi connectivity index (χ3n) is 6.65. The van der Waals surface area contributed by atoms with Gasteiger partial charge in [0.25, 0.3) is 5.91 Å². The van der Waals surface area contributed by atoms with Crippen LogP contribution in [-0.2, 0) is 16.1 Å². The van der Waals surface area contributed by atoms with E-state index in [1.165, 1.54) is 36.6 Å². The first-order valence-corrected chi connectivity index (χ1v) is 12.1. The Bertz CT molecular complexity index is 1280. The van der Waals surface area contributed by atoms with Crippen molar-refractivity contribution < 1.29 is 9.59 Å². The summed E-state index contributed by atoms with van der Waals surface area (Å²) in [6, 6.07) is 23.4. The summed E-state index contributed by atoms with van der Waals surface area (Å²) in [4.78, 5) is 29.7. The molecule has 0 aromatic heterocycles. The maximum atomic E-state index is 13.6. The molecular formula is C29H30N4O2. The Kier molecular flexibility index (Phi) is 6.38. The maximum absolute atomic E-state index is 13.6. The Hall–Kier alpha value is -3.90. The smallest absolute Gasteiger partial charge is 0.267 e. The molecule has 6 heteroatoms. The predicted octanol–water partition coefficient (Wildman–Crippen LogP) is 5.13. The normalized spacial score (nSPS) is 17.3. The van der Waals surface area contributed by atoms with Gasteiger partial charge in [0, 0.05) is 30.4 Å². The van der Waals surface area contributed by atoms with Crippen molar-refractivity contribution in [3.63, 3.8) is 0 Å². The molecule has 2 amide bonds. The molecule has 0 bridgehead atoms. The SMILES string of the molecule is CC(=O)N1C(=O)/C(=C(\Nc2ccc(CN3CCCCC3)cc2)c2ccccc2)c2ccc(N)cc21. The second-order valence-electron chi connectivity index (χ2n) is 9.21. The average Bonchev–Trinajstić information content (AvgIpc) is 3.15. The fourth-order valence-corrected chi connectivity index (χ4v) is 4.93. The molecule has 178 valence electrons. The Morgan fingerprint density at radius 3 is 2.34 bits per heavy atom. The van der Waals surface area contributed by atoms with Crippen molar-refractivity contribution in [2.45, 2.75) is 32.7 Å². The zero-order chi connectivity index (χ0) is 24.4. The number of hydrogen-bond acceptors (Lipinski definition) is 5. The number of piperidine rings is 1. The monoisotopic (exact) mass is 466 g/mol. The second kappa shape index (κ2) is 9.76. The summed E-state index contributed by atoms with van der Waals surface area (Å²) in [5.41, 5.74) is 11.8. The number of nitrogen functional groups attached to an aromatic ring is 1. The van der Waals surface area contributed by atoms with Crippen LogP contribution >= 0.6 is 0 Å². The highest BCUT2D eigenvalue weighted by Gasteiger charge is 2.37. The van der Waals surface area contributed by atoms with Gasteiger partial charge in [0.2, 0.25) is 5.91 Å². The number of carbonyl (C=O) groups is 2. The molecule has 2 aliphatic heterocycles. The number of nitrogens with one attached hydrogen (secondary N) is 1. The number of fused-ring (bicyclic) bond motifs is 1. The first-order chi connectivity index (χ1) is 17.0. The third-order valence-corrected chi connectivity index (χ3v) is 6.65. The fourth-order valence-electron chi connectivity index (χ4n) is 4.93. The topological polar surface area (TPSA) is 78.7 Å². The van der Waals surface area contributed by atoms with Crippen LogP contribution < -0.4 is 16.0 Å². The number of nitrogens with two attached hydrogens (primary N) is 1. The van der Waals surface area contributed by atoms with E-state index in [1.807, 2.05) is 36.4 Å². The lowest BCUT2D eigenvalue weighted by Crippen LogP contribution is -2.31. The number of rotatable bonds is 5. The zero-order valence-electron chi connectivity index (χ0n) is 20.0. The van der Waals surface area contributed by atoms with Gasteiger partial charge in [-0.15, -0.1) is 0 Å². The summed E-state index contributed by atoms with van der Waals surface area (Å²) < 4.78 is 0. The number of amides is 2. The Morgan fingerprint density at radius 1 is 0.943 bits per heavy atom. The molecule has 3 aromatic rings. The highest BCUT2D eigenvalue weighted by Crippen LogP contribution is 2.42. The Balaban J connectivity index is 1.53. The van der Waals surface area contributed by atoms with E-state index in [-0.39, 0.29) is 11.8 Å². The number of imide groups is 1. The van der Waals surface area contributed by atoms with Crippen molar-refractivity contribution >= 4 is 40.1 Å². The molecule has 1 saturated heterocycles. The standard InChI is InChI=1S/C29H30N4O2/c1-20(34)33-26-18-23(30)12-15-25(26)27(29(33)35)28(22-8-4-2-5-9-22)31-24-13-10-21(11-14-24)19-32-16-6-3-7-17-32/h2,4-5,8-15,18,31H,3,6-7,16-17,19,30H2,1H3/b28-27-. The van der Waals surface area contributed by atoms with E-state index in [4.69, 9.17) is 5.73 Å². The summed E-state index contributed by atoms with van der Waals surface area (Å²) in [7, 11) is 0. The largest absolute Gasteiger partial charge is 0.399 e. The maximum Gasteiger partial charge on any atom is 0.267 e. The van der Waals surface area contributed by atoms with E-state index in [0.717, 1.165) is 30.9 Å². The van der Waals surface area contributed by atoms with Gasteiger partial charge in [-0.3, -0.25) is 14.5 Å². The summed E-state index contributed by atoms with van der Waals surface area (Å²) in [6.45, 7) is 4.66. The van der Waals surface area contributed by atoms with Crippen LogP contribution in [0.5, 0.6) is 0 Å². The Labute approximate surface area is 206 Å². The van der Waals surface area contributed by atoms with Gasteiger partial charge >= 0.3 is 0 Å². The molecule has 0 spiro atoms. The molecule has 35 heavy (non-hydrogen) atoms. The molecule has 1 fully saturated rings. The van der Waals surface area contributed by atoms with E-state index in [0.29, 0.717) is 28.2 Å². The molecule has 2 heterocycles. The molecule has 3 N–H and O–H groups in total. The summed E-state index contributed by atoms with van der Waals surface area (Å²) in [6.07, 6.45) is 3.87. The van der Waals surface area contributed by atoms with Gasteiger partial charge in [-0.1, -0.05) is 48.9 Å². The van der Waals surface area contributed by atoms with E-state index < -0.39 is 0 Å². The number of nitrogens with zero attached hydrogens (tertiary/aromatic N) is 2. The number of carbonyl (C=O) groups excluding carboxylic acids is 2. The van der Waals surface area contributed by atoms with Crippen LogP contribution in [0.1, 0.15) is 42.9 Å². The van der Waals surface area contributed by atoms with Crippen molar-refractivity contribution in [3.05, 3.63) is 89.5 Å². The lowest BCUT2D eigenvalue weighted by Gasteiger charge is -2.26. The van der Waals surface area contributed by atoms with E-state index in [1.54, 1.807) is 12.1 Å². The van der Waals surface area contributed by atoms with Gasteiger partial charge in [0.05, 0.1) is 17.0 Å². The van der Waals surface area contributed by atoms with Gasteiger partial charge in [0.15, 0.2) is 0 Å². The van der Waals surface area contributed by atoms with Crippen LogP contribution in [-0.4, -0.2) is 29.8 Å². The van der Waals surface area contributed by atoms with Gasteiger partial charge in [-0.25, -0.2) is 4.90 Å². The number of likely N-dealkylation sites (tertiary alicyclic amines) is 1. The van der Waals surface area contributed by atoms with Crippen LogP contribution in [0.2, 0.25) is 0 Å². The summed E-state index contributed by atoms with van der Waals surface area (Å²) >= 11 is 0. The molecule has 3 aromatic carbocycles. The molecular weight excluding hydrogens is 436 g/mol. The van der Waals surface area contributed by atoms with E-state index >= 15 is 0 Å². The van der Waals surface area contributed by atoms with Crippen molar-refractivity contribution in [2.75, 3.05) is 29.0 Å². The highest BCUT2D eigenvalue weighted by molar-refractivity contribution is 6.43. The number of anilines is 3. The van der Waals surface area contributed by atoms with Crippen LogP contribution in [0, 0.1) is 0 Å². The van der Waals surface area contributed by atoms with Crippen molar-refractivity contribution in [3.8, 4) is 0 Å². The van der Waals surface area contributed by atoms with Gasteiger partial charge in [0.1, 0.15) is 0 Å². The van der Waals surface area contributed by atoms with Gasteiger partial charge in [-0.2, -0.15) is 0 Å². The van der Waals surface area contributed by atoms with Crippen molar-refractivity contribution in [1.29, 1.82) is 0 Å². The van der Waals surface area contributed by atoms with Crippen LogP contribution in [0.15, 0.2) is 72.8 Å². The zero-order valence-corrected chi connectivity index (χ0v) is 20.0. The quantitative estimate of drug-likeness (QED) is 0.403. The van der Waals surface area contributed by atoms with Crippen molar-refractivity contribution in [2.24, 2.45) is 0 Å². The highest BCUT2D eigenvalue weighted by atomic mass is 16.2. The summed E-state index contributed by atoms with van der Waals surface area (Å²) in [5.74, 6) is -0.697. The van der Waals surface area contributed by atoms with E-state index in [2.05, 4.69) is 34.5 Å². The number of benzene rings is 3. The molecule has 0 saturated carbocycles.